The van der Waals surface area contributed by atoms with Crippen molar-refractivity contribution in [3.63, 3.8) is 0 Å². The quantitative estimate of drug-likeness (QED) is 0.484. The molecule has 0 bridgehead atoms. The highest BCUT2D eigenvalue weighted by Gasteiger charge is 2.30. The van der Waals surface area contributed by atoms with E-state index in [1.165, 1.54) is 0 Å². The number of fused-ring (bicyclic) bond motifs is 1. The van der Waals surface area contributed by atoms with Gasteiger partial charge in [-0.3, -0.25) is 9.69 Å². The average molecular weight is 486 g/mol. The first-order chi connectivity index (χ1) is 16.0. The number of nitrogens with zero attached hydrogens (tertiary/aromatic N) is 3. The highest BCUT2D eigenvalue weighted by molar-refractivity contribution is 7.80. The maximum Gasteiger partial charge on any atom is 0.272 e. The second-order valence-corrected chi connectivity index (χ2v) is 8.86. The predicted molar refractivity (Wildman–Crippen MR) is 136 cm³/mol. The van der Waals surface area contributed by atoms with Crippen LogP contribution in [0.2, 0.25) is 5.02 Å². The second kappa shape index (κ2) is 11.1. The van der Waals surface area contributed by atoms with Gasteiger partial charge >= 0.3 is 0 Å². The van der Waals surface area contributed by atoms with E-state index in [0.717, 1.165) is 56.1 Å². The van der Waals surface area contributed by atoms with Crippen molar-refractivity contribution in [3.05, 3.63) is 64.7 Å². The molecule has 0 aromatic heterocycles. The third kappa shape index (κ3) is 5.89. The van der Waals surface area contributed by atoms with E-state index < -0.39 is 6.17 Å². The lowest BCUT2D eigenvalue weighted by molar-refractivity contribution is -0.119. The summed E-state index contributed by atoms with van der Waals surface area (Å²) in [5.74, 6) is -0.193. The van der Waals surface area contributed by atoms with E-state index in [4.69, 9.17) is 33.5 Å². The minimum Gasteiger partial charge on any atom is -0.379 e. The minimum atomic E-state index is -0.851. The van der Waals surface area contributed by atoms with E-state index in [2.05, 4.69) is 15.5 Å². The van der Waals surface area contributed by atoms with Gasteiger partial charge in [0.25, 0.3) is 5.91 Å². The number of likely N-dealkylation sites (N-methyl/N-ethyl adjacent to an activating group) is 1. The molecule has 2 aliphatic heterocycles. The first-order valence-corrected chi connectivity index (χ1v) is 11.9. The van der Waals surface area contributed by atoms with E-state index in [1.54, 1.807) is 18.0 Å². The molecule has 0 saturated carbocycles. The molecule has 1 unspecified atom stereocenters. The number of halogens is 1. The van der Waals surface area contributed by atoms with Crippen molar-refractivity contribution in [2.75, 3.05) is 51.3 Å². The molecule has 1 fully saturated rings. The Bertz CT molecular complexity index is 1030. The molecular formula is C24H28ClN5O2S. The van der Waals surface area contributed by atoms with Crippen LogP contribution in [0.4, 0.5) is 5.69 Å². The molecular weight excluding hydrogens is 458 g/mol. The van der Waals surface area contributed by atoms with Crippen LogP contribution in [0.3, 0.4) is 0 Å². The fraction of sp³-hybridized carbons (Fsp3) is 0.375. The Morgan fingerprint density at radius 3 is 2.73 bits per heavy atom. The summed E-state index contributed by atoms with van der Waals surface area (Å²) < 4.78 is 5.38. The molecule has 2 N–H and O–H groups in total. The first-order valence-electron chi connectivity index (χ1n) is 11.1. The molecule has 2 aliphatic rings. The fourth-order valence-corrected chi connectivity index (χ4v) is 4.36. The predicted octanol–water partition coefficient (Wildman–Crippen LogP) is 2.67. The molecule has 0 spiro atoms. The minimum absolute atomic E-state index is 0.193. The van der Waals surface area contributed by atoms with E-state index in [9.17, 15) is 4.79 Å². The SMILES string of the molecule is CN1C(=O)C(NC(=S)NCCCN2CCOCC2)N=C(c2ccccc2)c2cc(Cl)ccc21. The highest BCUT2D eigenvalue weighted by atomic mass is 35.5. The summed E-state index contributed by atoms with van der Waals surface area (Å²) in [5.41, 5.74) is 3.15. The molecule has 2 heterocycles. The molecule has 0 radical (unpaired) electrons. The van der Waals surface area contributed by atoms with Crippen molar-refractivity contribution < 1.29 is 9.53 Å². The number of hydrogen-bond acceptors (Lipinski definition) is 5. The van der Waals surface area contributed by atoms with Crippen molar-refractivity contribution in [2.45, 2.75) is 12.6 Å². The zero-order valence-electron chi connectivity index (χ0n) is 18.6. The molecule has 2 aromatic rings. The first kappa shape index (κ1) is 23.6. The normalized spacial score (nSPS) is 18.8. The van der Waals surface area contributed by atoms with Crippen LogP contribution >= 0.6 is 23.8 Å². The molecule has 9 heteroatoms. The van der Waals surface area contributed by atoms with E-state index in [1.807, 2.05) is 42.5 Å². The summed E-state index contributed by atoms with van der Waals surface area (Å²) in [4.78, 5) is 22.0. The maximum atomic E-state index is 13.3. The number of anilines is 1. The van der Waals surface area contributed by atoms with Gasteiger partial charge in [0.2, 0.25) is 6.17 Å². The Hall–Kier alpha value is -2.52. The molecule has 0 aliphatic carbocycles. The number of thiocarbonyl (C=S) groups is 1. The lowest BCUT2D eigenvalue weighted by Crippen LogP contribution is -2.49. The Morgan fingerprint density at radius 2 is 1.97 bits per heavy atom. The van der Waals surface area contributed by atoms with Crippen LogP contribution in [0.15, 0.2) is 53.5 Å². The molecule has 7 nitrogen and oxygen atoms in total. The van der Waals surface area contributed by atoms with Crippen molar-refractivity contribution in [3.8, 4) is 0 Å². The molecule has 1 atom stereocenters. The van der Waals surface area contributed by atoms with Gasteiger partial charge in [-0.15, -0.1) is 0 Å². The smallest absolute Gasteiger partial charge is 0.272 e. The standard InChI is InChI=1S/C24H28ClN5O2S/c1-29-20-9-8-18(25)16-19(20)21(17-6-3-2-4-7-17)27-22(23(29)31)28-24(33)26-10-5-11-30-12-14-32-15-13-30/h2-4,6-9,16,22H,5,10-15H2,1H3,(H2,26,28,33). The van der Waals surface area contributed by atoms with Gasteiger partial charge in [0.1, 0.15) is 0 Å². The number of ether oxygens (including phenoxy) is 1. The van der Waals surface area contributed by atoms with E-state index in [-0.39, 0.29) is 5.91 Å². The number of rotatable bonds is 6. The number of nitrogens with one attached hydrogen (secondary N) is 2. The largest absolute Gasteiger partial charge is 0.379 e. The lowest BCUT2D eigenvalue weighted by atomic mass is 10.0. The van der Waals surface area contributed by atoms with Crippen LogP contribution in [-0.2, 0) is 9.53 Å². The lowest BCUT2D eigenvalue weighted by Gasteiger charge is -2.26. The average Bonchev–Trinajstić information content (AvgIpc) is 2.93. The monoisotopic (exact) mass is 485 g/mol. The number of carbonyl (C=O) groups excluding carboxylic acids is 1. The molecule has 1 amide bonds. The van der Waals surface area contributed by atoms with Gasteiger partial charge in [-0.25, -0.2) is 4.99 Å². The van der Waals surface area contributed by atoms with Crippen LogP contribution in [0.1, 0.15) is 17.5 Å². The zero-order valence-corrected chi connectivity index (χ0v) is 20.2. The Morgan fingerprint density at radius 1 is 1.21 bits per heavy atom. The fourth-order valence-electron chi connectivity index (χ4n) is 3.97. The number of carbonyl (C=O) groups is 1. The maximum absolute atomic E-state index is 13.3. The summed E-state index contributed by atoms with van der Waals surface area (Å²) in [6.45, 7) is 5.21. The van der Waals surface area contributed by atoms with Crippen molar-refractivity contribution in [2.24, 2.45) is 4.99 Å². The van der Waals surface area contributed by atoms with Crippen LogP contribution in [0, 0.1) is 0 Å². The van der Waals surface area contributed by atoms with Gasteiger partial charge in [0.15, 0.2) is 5.11 Å². The molecule has 1 saturated heterocycles. The summed E-state index contributed by atoms with van der Waals surface area (Å²) in [5, 5.41) is 7.30. The van der Waals surface area contributed by atoms with Gasteiger partial charge in [0, 0.05) is 42.8 Å². The highest BCUT2D eigenvalue weighted by Crippen LogP contribution is 2.29. The summed E-state index contributed by atoms with van der Waals surface area (Å²) in [6, 6.07) is 15.2. The van der Waals surface area contributed by atoms with Crippen molar-refractivity contribution in [1.82, 2.24) is 15.5 Å². The topological polar surface area (TPSA) is 69.2 Å². The number of amides is 1. The van der Waals surface area contributed by atoms with Gasteiger partial charge < -0.3 is 20.3 Å². The number of benzene rings is 2. The number of benzodiazepines with no additional fused rings is 1. The van der Waals surface area contributed by atoms with Gasteiger partial charge in [-0.2, -0.15) is 0 Å². The third-order valence-electron chi connectivity index (χ3n) is 5.75. The number of aliphatic imine (C=N–C) groups is 1. The van der Waals surface area contributed by atoms with Gasteiger partial charge in [-0.05, 0) is 43.4 Å². The van der Waals surface area contributed by atoms with Gasteiger partial charge in [-0.1, -0.05) is 41.9 Å². The molecule has 4 rings (SSSR count). The molecule has 33 heavy (non-hydrogen) atoms. The second-order valence-electron chi connectivity index (χ2n) is 8.01. The van der Waals surface area contributed by atoms with Crippen molar-refractivity contribution >= 4 is 46.2 Å². The summed E-state index contributed by atoms with van der Waals surface area (Å²) in [7, 11) is 1.74. The summed E-state index contributed by atoms with van der Waals surface area (Å²) >= 11 is 11.8. The van der Waals surface area contributed by atoms with Crippen LogP contribution in [-0.4, -0.2) is 74.2 Å². The Kier molecular flexibility index (Phi) is 7.93. The Labute approximate surface area is 204 Å². The van der Waals surface area contributed by atoms with Crippen molar-refractivity contribution in [1.29, 1.82) is 0 Å². The molecule has 2 aromatic carbocycles. The Balaban J connectivity index is 1.48. The zero-order chi connectivity index (χ0) is 23.2. The summed E-state index contributed by atoms with van der Waals surface area (Å²) in [6.07, 6.45) is 0.0960. The van der Waals surface area contributed by atoms with Crippen LogP contribution in [0.25, 0.3) is 0 Å². The van der Waals surface area contributed by atoms with E-state index >= 15 is 0 Å². The number of hydrogen-bond donors (Lipinski definition) is 2. The van der Waals surface area contributed by atoms with Crippen LogP contribution in [0.5, 0.6) is 0 Å². The van der Waals surface area contributed by atoms with Gasteiger partial charge in [0.05, 0.1) is 24.6 Å². The molecule has 174 valence electrons. The number of morpholine rings is 1. The third-order valence-corrected chi connectivity index (χ3v) is 6.25. The van der Waals surface area contributed by atoms with E-state index in [0.29, 0.717) is 22.4 Å². The van der Waals surface area contributed by atoms with Crippen LogP contribution < -0.4 is 15.5 Å².